The van der Waals surface area contributed by atoms with Crippen LogP contribution in [0.15, 0.2) is 36.9 Å². The van der Waals surface area contributed by atoms with Crippen LogP contribution in [0.4, 0.5) is 0 Å². The smallest absolute Gasteiger partial charge is 0.137 e. The highest BCUT2D eigenvalue weighted by atomic mass is 16.5. The van der Waals surface area contributed by atoms with Crippen molar-refractivity contribution in [3.8, 4) is 11.5 Å². The highest BCUT2D eigenvalue weighted by molar-refractivity contribution is 5.31. The van der Waals surface area contributed by atoms with E-state index in [2.05, 4.69) is 15.0 Å². The van der Waals surface area contributed by atoms with Crippen LogP contribution in [0.25, 0.3) is 0 Å². The number of β-amino-alcohol motifs (C(OH)–C–C–N with tert-alkyl or cyclic N) is 1. The Bertz CT molecular complexity index is 618. The lowest BCUT2D eigenvalue weighted by atomic mass is 9.98. The van der Waals surface area contributed by atoms with Crippen molar-refractivity contribution >= 4 is 0 Å². The fourth-order valence-corrected chi connectivity index (χ4v) is 3.27. The number of aliphatic hydroxyl groups is 1. The van der Waals surface area contributed by atoms with Crippen molar-refractivity contribution in [2.24, 2.45) is 5.92 Å². The van der Waals surface area contributed by atoms with Crippen molar-refractivity contribution in [2.75, 3.05) is 33.4 Å². The predicted molar refractivity (Wildman–Crippen MR) is 93.7 cm³/mol. The molecule has 0 saturated carbocycles. The summed E-state index contributed by atoms with van der Waals surface area (Å²) < 4.78 is 12.7. The molecule has 136 valence electrons. The molecule has 1 aromatic carbocycles. The van der Waals surface area contributed by atoms with E-state index < -0.39 is 6.10 Å². The predicted octanol–water partition coefficient (Wildman–Crippen LogP) is 1.44. The molecule has 1 aromatic heterocycles. The molecule has 1 N–H and O–H groups in total. The maximum Gasteiger partial charge on any atom is 0.137 e. The van der Waals surface area contributed by atoms with E-state index in [1.165, 1.54) is 6.42 Å². The largest absolute Gasteiger partial charge is 0.497 e. The summed E-state index contributed by atoms with van der Waals surface area (Å²) >= 11 is 0. The lowest BCUT2D eigenvalue weighted by Crippen LogP contribution is -2.42. The summed E-state index contributed by atoms with van der Waals surface area (Å²) in [6, 6.07) is 7.39. The second-order valence-corrected chi connectivity index (χ2v) is 6.53. The Labute approximate surface area is 148 Å². The van der Waals surface area contributed by atoms with Gasteiger partial charge in [-0.1, -0.05) is 0 Å². The molecule has 0 amide bonds. The summed E-state index contributed by atoms with van der Waals surface area (Å²) in [6.07, 6.45) is 5.16. The lowest BCUT2D eigenvalue weighted by Gasteiger charge is -2.33. The summed E-state index contributed by atoms with van der Waals surface area (Å²) in [4.78, 5) is 6.31. The van der Waals surface area contributed by atoms with Gasteiger partial charge in [-0.25, -0.2) is 4.98 Å². The summed E-state index contributed by atoms with van der Waals surface area (Å²) in [5.74, 6) is 2.08. The molecular formula is C18H26N4O3. The molecule has 0 radical (unpaired) electrons. The summed E-state index contributed by atoms with van der Waals surface area (Å²) in [7, 11) is 1.63. The van der Waals surface area contributed by atoms with Crippen LogP contribution in [0.1, 0.15) is 12.8 Å². The standard InChI is InChI=1S/C18H26N4O3/c1-24-17-4-6-18(7-5-17)25-12-16(23)11-21-8-2-3-15(9-21)10-22-14-19-13-20-22/h4-7,13-16,23H,2-3,8-12H2,1H3/t15-,16-/m0/s1. The second kappa shape index (κ2) is 8.82. The molecule has 2 aromatic rings. The molecular weight excluding hydrogens is 320 g/mol. The highest BCUT2D eigenvalue weighted by Gasteiger charge is 2.22. The van der Waals surface area contributed by atoms with Crippen LogP contribution in [0.3, 0.4) is 0 Å². The van der Waals surface area contributed by atoms with E-state index in [0.717, 1.165) is 37.6 Å². The molecule has 0 unspecified atom stereocenters. The Morgan fingerprint density at radius 2 is 2.08 bits per heavy atom. The van der Waals surface area contributed by atoms with Gasteiger partial charge in [-0.15, -0.1) is 0 Å². The zero-order valence-electron chi connectivity index (χ0n) is 14.6. The summed E-state index contributed by atoms with van der Waals surface area (Å²) in [6.45, 7) is 3.79. The lowest BCUT2D eigenvalue weighted by molar-refractivity contribution is 0.0494. The van der Waals surface area contributed by atoms with Gasteiger partial charge in [0.05, 0.1) is 7.11 Å². The summed E-state index contributed by atoms with van der Waals surface area (Å²) in [5.41, 5.74) is 0. The van der Waals surface area contributed by atoms with Crippen LogP contribution in [-0.4, -0.2) is 64.2 Å². The van der Waals surface area contributed by atoms with Gasteiger partial charge in [0, 0.05) is 19.6 Å². The Morgan fingerprint density at radius 1 is 1.28 bits per heavy atom. The minimum atomic E-state index is -0.507. The van der Waals surface area contributed by atoms with Gasteiger partial charge in [0.15, 0.2) is 0 Å². The first-order valence-corrected chi connectivity index (χ1v) is 8.72. The quantitative estimate of drug-likeness (QED) is 0.780. The Kier molecular flexibility index (Phi) is 6.25. The SMILES string of the molecule is COc1ccc(OC[C@@H](O)CN2CCC[C@H](Cn3cncn3)C2)cc1. The van der Waals surface area contributed by atoms with Crippen molar-refractivity contribution in [1.82, 2.24) is 19.7 Å². The molecule has 1 aliphatic heterocycles. The first-order chi connectivity index (χ1) is 12.2. The van der Waals surface area contributed by atoms with Crippen molar-refractivity contribution in [3.63, 3.8) is 0 Å². The first-order valence-electron chi connectivity index (χ1n) is 8.72. The van der Waals surface area contributed by atoms with E-state index >= 15 is 0 Å². The minimum absolute atomic E-state index is 0.288. The molecule has 0 bridgehead atoms. The molecule has 0 aliphatic carbocycles. The van der Waals surface area contributed by atoms with Gasteiger partial charge in [-0.05, 0) is 49.6 Å². The topological polar surface area (TPSA) is 72.6 Å². The van der Waals surface area contributed by atoms with Gasteiger partial charge < -0.3 is 19.5 Å². The highest BCUT2D eigenvalue weighted by Crippen LogP contribution is 2.19. The van der Waals surface area contributed by atoms with E-state index in [9.17, 15) is 5.11 Å². The Morgan fingerprint density at radius 3 is 2.80 bits per heavy atom. The van der Waals surface area contributed by atoms with Gasteiger partial charge in [0.1, 0.15) is 36.9 Å². The number of benzene rings is 1. The monoisotopic (exact) mass is 346 g/mol. The summed E-state index contributed by atoms with van der Waals surface area (Å²) in [5, 5.41) is 14.5. The van der Waals surface area contributed by atoms with Crippen LogP contribution >= 0.6 is 0 Å². The van der Waals surface area contributed by atoms with Crippen LogP contribution in [0.5, 0.6) is 11.5 Å². The van der Waals surface area contributed by atoms with Gasteiger partial charge in [0.2, 0.25) is 0 Å². The molecule has 25 heavy (non-hydrogen) atoms. The minimum Gasteiger partial charge on any atom is -0.497 e. The van der Waals surface area contributed by atoms with Gasteiger partial charge in [0.25, 0.3) is 0 Å². The van der Waals surface area contributed by atoms with Crippen molar-refractivity contribution < 1.29 is 14.6 Å². The number of rotatable bonds is 8. The van der Waals surface area contributed by atoms with E-state index in [1.807, 2.05) is 28.9 Å². The molecule has 3 rings (SSSR count). The third kappa shape index (κ3) is 5.44. The molecule has 2 atom stereocenters. The fraction of sp³-hybridized carbons (Fsp3) is 0.556. The van der Waals surface area contributed by atoms with E-state index in [1.54, 1.807) is 19.8 Å². The molecule has 7 heteroatoms. The Balaban J connectivity index is 1.41. The Hall–Kier alpha value is -2.12. The molecule has 1 saturated heterocycles. The fourth-order valence-electron chi connectivity index (χ4n) is 3.27. The molecule has 2 heterocycles. The maximum atomic E-state index is 10.3. The number of likely N-dealkylation sites (tertiary alicyclic amines) is 1. The first kappa shape index (κ1) is 17.7. The number of nitrogens with zero attached hydrogens (tertiary/aromatic N) is 4. The second-order valence-electron chi connectivity index (χ2n) is 6.53. The number of piperidine rings is 1. The number of hydrogen-bond donors (Lipinski definition) is 1. The third-order valence-corrected chi connectivity index (χ3v) is 4.49. The molecule has 1 fully saturated rings. The van der Waals surface area contributed by atoms with Crippen LogP contribution in [-0.2, 0) is 6.54 Å². The number of aliphatic hydroxyl groups excluding tert-OH is 1. The average Bonchev–Trinajstić information content (AvgIpc) is 3.14. The zero-order valence-corrected chi connectivity index (χ0v) is 14.6. The van der Waals surface area contributed by atoms with Gasteiger partial charge in [-0.2, -0.15) is 5.10 Å². The van der Waals surface area contributed by atoms with Crippen LogP contribution in [0.2, 0.25) is 0 Å². The van der Waals surface area contributed by atoms with Gasteiger partial charge >= 0.3 is 0 Å². The van der Waals surface area contributed by atoms with Crippen molar-refractivity contribution in [1.29, 1.82) is 0 Å². The van der Waals surface area contributed by atoms with E-state index in [-0.39, 0.29) is 6.61 Å². The van der Waals surface area contributed by atoms with E-state index in [4.69, 9.17) is 9.47 Å². The number of aromatic nitrogens is 3. The number of hydrogen-bond acceptors (Lipinski definition) is 6. The maximum absolute atomic E-state index is 10.3. The molecule has 0 spiro atoms. The van der Waals surface area contributed by atoms with Crippen LogP contribution < -0.4 is 9.47 Å². The van der Waals surface area contributed by atoms with Gasteiger partial charge in [-0.3, -0.25) is 4.68 Å². The zero-order chi connectivity index (χ0) is 17.5. The third-order valence-electron chi connectivity index (χ3n) is 4.49. The number of ether oxygens (including phenoxy) is 2. The van der Waals surface area contributed by atoms with Crippen molar-refractivity contribution in [2.45, 2.75) is 25.5 Å². The van der Waals surface area contributed by atoms with Crippen molar-refractivity contribution in [3.05, 3.63) is 36.9 Å². The normalized spacial score (nSPS) is 19.5. The van der Waals surface area contributed by atoms with E-state index in [0.29, 0.717) is 12.5 Å². The molecule has 1 aliphatic rings. The molecule has 7 nitrogen and oxygen atoms in total. The van der Waals surface area contributed by atoms with Crippen LogP contribution in [0, 0.1) is 5.92 Å². The number of methoxy groups -OCH3 is 1. The average molecular weight is 346 g/mol.